The normalized spacial score (nSPS) is 10.0. The Balaban J connectivity index is 2.22. The monoisotopic (exact) mass is 230 g/mol. The number of aromatic nitrogens is 1. The molecule has 1 aromatic heterocycles. The summed E-state index contributed by atoms with van der Waals surface area (Å²) in [4.78, 5) is 16.2. The maximum atomic E-state index is 11.0. The van der Waals surface area contributed by atoms with E-state index < -0.39 is 5.91 Å². The number of hydrogen-bond donors (Lipinski definition) is 1. The van der Waals surface area contributed by atoms with Crippen LogP contribution in [0.2, 0.25) is 0 Å². The summed E-state index contributed by atoms with van der Waals surface area (Å²) in [6.45, 7) is 0. The maximum absolute atomic E-state index is 11.0. The minimum Gasteiger partial charge on any atom is -0.366 e. The van der Waals surface area contributed by atoms with Gasteiger partial charge in [-0.15, -0.1) is 0 Å². The molecule has 0 atom stereocenters. The van der Waals surface area contributed by atoms with Crippen molar-refractivity contribution >= 4 is 17.7 Å². The molecular formula is C12H10N2OS. The van der Waals surface area contributed by atoms with Crippen molar-refractivity contribution in [1.29, 1.82) is 0 Å². The van der Waals surface area contributed by atoms with E-state index in [2.05, 4.69) is 4.98 Å². The lowest BCUT2D eigenvalue weighted by Crippen LogP contribution is -2.10. The van der Waals surface area contributed by atoms with E-state index in [0.717, 1.165) is 9.92 Å². The Hall–Kier alpha value is -1.81. The molecule has 1 heterocycles. The number of amides is 1. The van der Waals surface area contributed by atoms with Gasteiger partial charge >= 0.3 is 0 Å². The van der Waals surface area contributed by atoms with Gasteiger partial charge in [0, 0.05) is 16.7 Å². The second kappa shape index (κ2) is 4.81. The van der Waals surface area contributed by atoms with Gasteiger partial charge in [-0.25, -0.2) is 4.98 Å². The van der Waals surface area contributed by atoms with Gasteiger partial charge in [-0.05, 0) is 24.3 Å². The minimum atomic E-state index is -0.433. The predicted octanol–water partition coefficient (Wildman–Crippen LogP) is 2.33. The molecule has 16 heavy (non-hydrogen) atoms. The smallest absolute Gasteiger partial charge is 0.248 e. The molecule has 3 nitrogen and oxygen atoms in total. The molecule has 0 aliphatic heterocycles. The maximum Gasteiger partial charge on any atom is 0.248 e. The van der Waals surface area contributed by atoms with Crippen LogP contribution in [-0.2, 0) is 0 Å². The van der Waals surface area contributed by atoms with E-state index in [1.165, 1.54) is 11.8 Å². The summed E-state index contributed by atoms with van der Waals surface area (Å²) in [5, 5.41) is 0.766. The molecule has 0 aliphatic rings. The SMILES string of the molecule is NC(=O)c1ccnc(Sc2ccccc2)c1. The van der Waals surface area contributed by atoms with E-state index in [4.69, 9.17) is 5.73 Å². The summed E-state index contributed by atoms with van der Waals surface area (Å²) in [7, 11) is 0. The van der Waals surface area contributed by atoms with Crippen molar-refractivity contribution in [2.45, 2.75) is 9.92 Å². The largest absolute Gasteiger partial charge is 0.366 e. The fourth-order valence-corrected chi connectivity index (χ4v) is 2.06. The summed E-state index contributed by atoms with van der Waals surface area (Å²) in [5.41, 5.74) is 5.68. The molecule has 0 fully saturated rings. The Morgan fingerprint density at radius 2 is 1.94 bits per heavy atom. The fourth-order valence-electron chi connectivity index (χ4n) is 1.23. The van der Waals surface area contributed by atoms with Crippen molar-refractivity contribution < 1.29 is 4.79 Å². The second-order valence-corrected chi connectivity index (χ2v) is 4.26. The predicted molar refractivity (Wildman–Crippen MR) is 63.3 cm³/mol. The topological polar surface area (TPSA) is 56.0 Å². The number of carbonyl (C=O) groups excluding carboxylic acids is 1. The summed E-state index contributed by atoms with van der Waals surface area (Å²) < 4.78 is 0. The van der Waals surface area contributed by atoms with Crippen molar-refractivity contribution in [3.63, 3.8) is 0 Å². The van der Waals surface area contributed by atoms with E-state index in [1.54, 1.807) is 18.3 Å². The number of nitrogens with two attached hydrogens (primary N) is 1. The highest BCUT2D eigenvalue weighted by Gasteiger charge is 2.03. The molecule has 0 unspecified atom stereocenters. The molecule has 80 valence electrons. The van der Waals surface area contributed by atoms with Crippen LogP contribution in [-0.4, -0.2) is 10.9 Å². The first-order valence-corrected chi connectivity index (χ1v) is 5.56. The van der Waals surface area contributed by atoms with Gasteiger partial charge < -0.3 is 5.73 Å². The molecule has 0 spiro atoms. The molecule has 1 aromatic carbocycles. The van der Waals surface area contributed by atoms with E-state index >= 15 is 0 Å². The Morgan fingerprint density at radius 1 is 1.19 bits per heavy atom. The van der Waals surface area contributed by atoms with Crippen LogP contribution in [0.3, 0.4) is 0 Å². The Kier molecular flexibility index (Phi) is 3.22. The highest BCUT2D eigenvalue weighted by molar-refractivity contribution is 7.99. The van der Waals surface area contributed by atoms with Crippen LogP contribution in [0, 0.1) is 0 Å². The third kappa shape index (κ3) is 2.61. The zero-order valence-corrected chi connectivity index (χ0v) is 9.28. The Labute approximate surface area is 97.7 Å². The lowest BCUT2D eigenvalue weighted by Gasteiger charge is -2.01. The third-order valence-corrected chi connectivity index (χ3v) is 2.93. The zero-order valence-electron chi connectivity index (χ0n) is 8.46. The van der Waals surface area contributed by atoms with Crippen LogP contribution < -0.4 is 5.73 Å². The zero-order chi connectivity index (χ0) is 11.4. The number of rotatable bonds is 3. The van der Waals surface area contributed by atoms with Crippen LogP contribution >= 0.6 is 11.8 Å². The molecule has 2 N–H and O–H groups in total. The van der Waals surface area contributed by atoms with Gasteiger partial charge in [-0.3, -0.25) is 4.79 Å². The van der Waals surface area contributed by atoms with Gasteiger partial charge in [-0.2, -0.15) is 0 Å². The molecule has 0 saturated carbocycles. The fraction of sp³-hybridized carbons (Fsp3) is 0. The Morgan fingerprint density at radius 3 is 2.62 bits per heavy atom. The average Bonchev–Trinajstić information content (AvgIpc) is 2.30. The first-order chi connectivity index (χ1) is 7.75. The molecule has 0 bridgehead atoms. The average molecular weight is 230 g/mol. The van der Waals surface area contributed by atoms with Crippen LogP contribution in [0.1, 0.15) is 10.4 Å². The highest BCUT2D eigenvalue weighted by Crippen LogP contribution is 2.25. The minimum absolute atomic E-state index is 0.433. The van der Waals surface area contributed by atoms with E-state index in [9.17, 15) is 4.79 Å². The molecule has 2 rings (SSSR count). The number of benzene rings is 1. The van der Waals surface area contributed by atoms with Gasteiger partial charge in [-0.1, -0.05) is 30.0 Å². The van der Waals surface area contributed by atoms with Gasteiger partial charge in [0.05, 0.1) is 0 Å². The van der Waals surface area contributed by atoms with Crippen LogP contribution in [0.4, 0.5) is 0 Å². The first kappa shape index (κ1) is 10.7. The molecule has 0 radical (unpaired) electrons. The molecule has 1 amide bonds. The van der Waals surface area contributed by atoms with Crippen molar-refractivity contribution in [2.24, 2.45) is 5.73 Å². The van der Waals surface area contributed by atoms with E-state index in [0.29, 0.717) is 5.56 Å². The third-order valence-electron chi connectivity index (χ3n) is 1.98. The van der Waals surface area contributed by atoms with Crippen LogP contribution in [0.5, 0.6) is 0 Å². The summed E-state index contributed by atoms with van der Waals surface area (Å²) in [6.07, 6.45) is 1.59. The second-order valence-electron chi connectivity index (χ2n) is 3.16. The summed E-state index contributed by atoms with van der Waals surface area (Å²) >= 11 is 1.50. The number of primary amides is 1. The summed E-state index contributed by atoms with van der Waals surface area (Å²) in [6, 6.07) is 13.2. The number of hydrogen-bond acceptors (Lipinski definition) is 3. The van der Waals surface area contributed by atoms with Crippen molar-refractivity contribution in [3.8, 4) is 0 Å². The molecule has 4 heteroatoms. The van der Waals surface area contributed by atoms with Gasteiger partial charge in [0.2, 0.25) is 5.91 Å². The first-order valence-electron chi connectivity index (χ1n) is 4.74. The molecule has 2 aromatic rings. The lowest BCUT2D eigenvalue weighted by atomic mass is 10.3. The number of nitrogens with zero attached hydrogens (tertiary/aromatic N) is 1. The summed E-state index contributed by atoms with van der Waals surface area (Å²) in [5.74, 6) is -0.433. The molecule has 0 saturated heterocycles. The van der Waals surface area contributed by atoms with Crippen LogP contribution in [0.15, 0.2) is 58.6 Å². The Bertz CT molecular complexity index is 499. The van der Waals surface area contributed by atoms with Gasteiger partial charge in [0.15, 0.2) is 0 Å². The number of pyridine rings is 1. The van der Waals surface area contributed by atoms with Crippen molar-refractivity contribution in [3.05, 3.63) is 54.2 Å². The number of carbonyl (C=O) groups is 1. The van der Waals surface area contributed by atoms with Gasteiger partial charge in [0.1, 0.15) is 5.03 Å². The van der Waals surface area contributed by atoms with E-state index in [1.807, 2.05) is 30.3 Å². The van der Waals surface area contributed by atoms with E-state index in [-0.39, 0.29) is 0 Å². The molecular weight excluding hydrogens is 220 g/mol. The van der Waals surface area contributed by atoms with Crippen molar-refractivity contribution in [1.82, 2.24) is 4.98 Å². The quantitative estimate of drug-likeness (QED) is 0.880. The molecule has 0 aliphatic carbocycles. The lowest BCUT2D eigenvalue weighted by molar-refractivity contribution is 0.1000. The van der Waals surface area contributed by atoms with Crippen LogP contribution in [0.25, 0.3) is 0 Å². The van der Waals surface area contributed by atoms with Crippen molar-refractivity contribution in [2.75, 3.05) is 0 Å². The van der Waals surface area contributed by atoms with Gasteiger partial charge in [0.25, 0.3) is 0 Å². The highest BCUT2D eigenvalue weighted by atomic mass is 32.2. The standard InChI is InChI=1S/C12H10N2OS/c13-12(15)9-6-7-14-11(8-9)16-10-4-2-1-3-5-10/h1-8H,(H2,13,15).